The predicted octanol–water partition coefficient (Wildman–Crippen LogP) is 2.47. The van der Waals surface area contributed by atoms with Gasteiger partial charge in [0.05, 0.1) is 6.42 Å². The highest BCUT2D eigenvalue weighted by Crippen LogP contribution is 2.22. The second-order valence-electron chi connectivity index (χ2n) is 3.19. The molecule has 1 aromatic carbocycles. The number of hydrogen-bond donors (Lipinski definition) is 1. The Bertz CT molecular complexity index is 333. The Balaban J connectivity index is 2.82. The molecule has 1 N–H and O–H groups in total. The van der Waals surface area contributed by atoms with Crippen LogP contribution in [0.15, 0.2) is 18.2 Å². The second kappa shape index (κ2) is 4.61. The van der Waals surface area contributed by atoms with Crippen LogP contribution in [0.3, 0.4) is 0 Å². The summed E-state index contributed by atoms with van der Waals surface area (Å²) >= 11 is 0. The van der Waals surface area contributed by atoms with Crippen molar-refractivity contribution in [3.05, 3.63) is 35.1 Å². The minimum absolute atomic E-state index is 0.109. The number of alkyl halides is 3. The van der Waals surface area contributed by atoms with Gasteiger partial charge < -0.3 is 5.11 Å². The Morgan fingerprint density at radius 3 is 2.33 bits per heavy atom. The maximum Gasteiger partial charge on any atom is 0.393 e. The molecule has 0 unspecified atom stereocenters. The lowest BCUT2D eigenvalue weighted by Gasteiger charge is -2.07. The smallest absolute Gasteiger partial charge is 0.393 e. The molecule has 0 fully saturated rings. The SMILES string of the molecule is OCCc1ccc(CC(F)(F)F)cc1F. The van der Waals surface area contributed by atoms with E-state index in [9.17, 15) is 17.6 Å². The fourth-order valence-corrected chi connectivity index (χ4v) is 1.26. The van der Waals surface area contributed by atoms with E-state index in [1.807, 2.05) is 0 Å². The van der Waals surface area contributed by atoms with Crippen molar-refractivity contribution in [1.82, 2.24) is 0 Å². The van der Waals surface area contributed by atoms with Crippen LogP contribution < -0.4 is 0 Å². The third kappa shape index (κ3) is 3.87. The van der Waals surface area contributed by atoms with Gasteiger partial charge in [-0.3, -0.25) is 0 Å². The molecule has 84 valence electrons. The zero-order valence-corrected chi connectivity index (χ0v) is 7.81. The molecule has 1 aromatic rings. The maximum atomic E-state index is 13.1. The highest BCUT2D eigenvalue weighted by atomic mass is 19.4. The molecule has 0 heterocycles. The number of hydrogen-bond acceptors (Lipinski definition) is 1. The van der Waals surface area contributed by atoms with Crippen LogP contribution in [-0.4, -0.2) is 17.9 Å². The van der Waals surface area contributed by atoms with Crippen LogP contribution in [0.1, 0.15) is 11.1 Å². The minimum atomic E-state index is -4.33. The number of benzene rings is 1. The van der Waals surface area contributed by atoms with Crippen molar-refractivity contribution < 1.29 is 22.7 Å². The van der Waals surface area contributed by atoms with Crippen molar-refractivity contribution in [2.75, 3.05) is 6.61 Å². The average Bonchev–Trinajstić information content (AvgIpc) is 2.07. The molecule has 1 rings (SSSR count). The summed E-state index contributed by atoms with van der Waals surface area (Å²) in [5.41, 5.74) is 0.116. The van der Waals surface area contributed by atoms with E-state index in [1.54, 1.807) is 0 Å². The molecule has 15 heavy (non-hydrogen) atoms. The lowest BCUT2D eigenvalue weighted by atomic mass is 10.1. The van der Waals surface area contributed by atoms with Gasteiger partial charge in [0.15, 0.2) is 0 Å². The highest BCUT2D eigenvalue weighted by Gasteiger charge is 2.27. The van der Waals surface area contributed by atoms with Crippen LogP contribution >= 0.6 is 0 Å². The van der Waals surface area contributed by atoms with E-state index in [1.165, 1.54) is 12.1 Å². The molecule has 0 bridgehead atoms. The van der Waals surface area contributed by atoms with Gasteiger partial charge in [0.1, 0.15) is 5.82 Å². The first-order chi connectivity index (χ1) is 6.92. The van der Waals surface area contributed by atoms with Crippen molar-refractivity contribution in [2.45, 2.75) is 19.0 Å². The van der Waals surface area contributed by atoms with Gasteiger partial charge in [-0.25, -0.2) is 4.39 Å². The van der Waals surface area contributed by atoms with E-state index >= 15 is 0 Å². The summed E-state index contributed by atoms with van der Waals surface area (Å²) in [6.45, 7) is -0.227. The first-order valence-electron chi connectivity index (χ1n) is 4.37. The van der Waals surface area contributed by atoms with Crippen molar-refractivity contribution >= 4 is 0 Å². The molecule has 0 radical (unpaired) electrons. The second-order valence-corrected chi connectivity index (χ2v) is 3.19. The average molecular weight is 222 g/mol. The summed E-state index contributed by atoms with van der Waals surface area (Å²) in [7, 11) is 0. The van der Waals surface area contributed by atoms with Crippen LogP contribution in [0.25, 0.3) is 0 Å². The molecule has 0 aliphatic heterocycles. The van der Waals surface area contributed by atoms with E-state index in [0.717, 1.165) is 6.07 Å². The molecule has 0 aromatic heterocycles. The Hall–Kier alpha value is -1.10. The molecule has 0 atom stereocenters. The number of rotatable bonds is 3. The third-order valence-corrected chi connectivity index (χ3v) is 1.90. The van der Waals surface area contributed by atoms with E-state index < -0.39 is 18.4 Å². The van der Waals surface area contributed by atoms with Crippen molar-refractivity contribution in [3.8, 4) is 0 Å². The van der Waals surface area contributed by atoms with Crippen LogP contribution in [0.2, 0.25) is 0 Å². The van der Waals surface area contributed by atoms with Gasteiger partial charge in [-0.1, -0.05) is 12.1 Å². The molecule has 1 nitrogen and oxygen atoms in total. The molecule has 0 spiro atoms. The van der Waals surface area contributed by atoms with Gasteiger partial charge in [-0.15, -0.1) is 0 Å². The van der Waals surface area contributed by atoms with E-state index in [-0.39, 0.29) is 24.2 Å². The van der Waals surface area contributed by atoms with Gasteiger partial charge in [0.25, 0.3) is 0 Å². The number of aliphatic hydroxyl groups excluding tert-OH is 1. The fourth-order valence-electron chi connectivity index (χ4n) is 1.26. The summed E-state index contributed by atoms with van der Waals surface area (Å²) < 4.78 is 49.0. The Kier molecular flexibility index (Phi) is 3.68. The Labute approximate surface area is 84.3 Å². The van der Waals surface area contributed by atoms with Crippen LogP contribution in [0, 0.1) is 5.82 Å². The summed E-state index contributed by atoms with van der Waals surface area (Å²) in [5.74, 6) is -0.703. The zero-order chi connectivity index (χ0) is 11.5. The standard InChI is InChI=1S/C10H10F4O/c11-9-5-7(6-10(12,13)14)1-2-8(9)3-4-15/h1-2,5,15H,3-4,6H2. The number of halogens is 4. The molecular formula is C10H10F4O. The lowest BCUT2D eigenvalue weighted by Crippen LogP contribution is -2.12. The van der Waals surface area contributed by atoms with Crippen molar-refractivity contribution in [3.63, 3.8) is 0 Å². The highest BCUT2D eigenvalue weighted by molar-refractivity contribution is 5.25. The van der Waals surface area contributed by atoms with Gasteiger partial charge in [-0.2, -0.15) is 13.2 Å². The van der Waals surface area contributed by atoms with Crippen LogP contribution in [-0.2, 0) is 12.8 Å². The summed E-state index contributed by atoms with van der Waals surface area (Å²) in [5, 5.41) is 8.55. The molecule has 0 amide bonds. The molecule has 0 saturated heterocycles. The van der Waals surface area contributed by atoms with Crippen LogP contribution in [0.4, 0.5) is 17.6 Å². The number of aliphatic hydroxyl groups is 1. The van der Waals surface area contributed by atoms with Gasteiger partial charge in [0.2, 0.25) is 0 Å². The third-order valence-electron chi connectivity index (χ3n) is 1.90. The summed E-state index contributed by atoms with van der Waals surface area (Å²) in [6.07, 6.45) is -5.35. The lowest BCUT2D eigenvalue weighted by molar-refractivity contribution is -0.127. The molecular weight excluding hydrogens is 212 g/mol. The summed E-state index contributed by atoms with van der Waals surface area (Å²) in [6, 6.07) is 3.35. The van der Waals surface area contributed by atoms with E-state index in [0.29, 0.717) is 0 Å². The molecule has 0 aliphatic carbocycles. The topological polar surface area (TPSA) is 20.2 Å². The van der Waals surface area contributed by atoms with Crippen molar-refractivity contribution in [1.29, 1.82) is 0 Å². The van der Waals surface area contributed by atoms with E-state index in [4.69, 9.17) is 5.11 Å². The van der Waals surface area contributed by atoms with Crippen molar-refractivity contribution in [2.24, 2.45) is 0 Å². The van der Waals surface area contributed by atoms with E-state index in [2.05, 4.69) is 0 Å². The Morgan fingerprint density at radius 2 is 1.87 bits per heavy atom. The zero-order valence-electron chi connectivity index (χ0n) is 7.81. The predicted molar refractivity (Wildman–Crippen MR) is 46.9 cm³/mol. The Morgan fingerprint density at radius 1 is 1.20 bits per heavy atom. The normalized spacial score (nSPS) is 11.8. The van der Waals surface area contributed by atoms with Crippen LogP contribution in [0.5, 0.6) is 0 Å². The molecule has 0 aliphatic rings. The maximum absolute atomic E-state index is 13.1. The molecule has 5 heteroatoms. The quantitative estimate of drug-likeness (QED) is 0.779. The molecule has 0 saturated carbocycles. The fraction of sp³-hybridized carbons (Fsp3) is 0.400. The summed E-state index contributed by atoms with van der Waals surface area (Å²) in [4.78, 5) is 0. The van der Waals surface area contributed by atoms with Gasteiger partial charge in [0, 0.05) is 6.61 Å². The first-order valence-corrected chi connectivity index (χ1v) is 4.37. The van der Waals surface area contributed by atoms with Gasteiger partial charge >= 0.3 is 6.18 Å². The largest absolute Gasteiger partial charge is 0.396 e. The van der Waals surface area contributed by atoms with Gasteiger partial charge in [-0.05, 0) is 23.6 Å². The first kappa shape index (κ1) is 12.0. The monoisotopic (exact) mass is 222 g/mol. The minimum Gasteiger partial charge on any atom is -0.396 e.